The lowest BCUT2D eigenvalue weighted by Gasteiger charge is -2.11. The lowest BCUT2D eigenvalue weighted by Crippen LogP contribution is -1.95. The van der Waals surface area contributed by atoms with Crippen molar-refractivity contribution in [3.8, 4) is 45.2 Å². The van der Waals surface area contributed by atoms with Crippen LogP contribution in [0.1, 0.15) is 5.69 Å². The van der Waals surface area contributed by atoms with Crippen LogP contribution in [0, 0.1) is 6.92 Å². The highest BCUT2D eigenvalue weighted by molar-refractivity contribution is 5.93. The summed E-state index contributed by atoms with van der Waals surface area (Å²) in [5.41, 5.74) is 9.09. The smallest absolute Gasteiger partial charge is 0.160 e. The summed E-state index contributed by atoms with van der Waals surface area (Å²) in [7, 11) is 0. The Hall–Kier alpha value is -5.22. The first kappa shape index (κ1) is 22.9. The third-order valence-corrected chi connectivity index (χ3v) is 7.04. The molecule has 4 nitrogen and oxygen atoms in total. The van der Waals surface area contributed by atoms with E-state index in [0.717, 1.165) is 66.8 Å². The van der Waals surface area contributed by atoms with E-state index in [9.17, 15) is 0 Å². The minimum atomic E-state index is 0.714. The fourth-order valence-corrected chi connectivity index (χ4v) is 5.04. The second kappa shape index (κ2) is 9.58. The van der Waals surface area contributed by atoms with Crippen molar-refractivity contribution in [2.75, 3.05) is 0 Å². The molecular formula is C35H24N4. The summed E-state index contributed by atoms with van der Waals surface area (Å²) < 4.78 is 0. The minimum absolute atomic E-state index is 0.714. The molecule has 7 rings (SSSR count). The molecule has 0 aliphatic carbocycles. The van der Waals surface area contributed by atoms with Crippen molar-refractivity contribution in [1.29, 1.82) is 0 Å². The number of hydrogen-bond acceptors (Lipinski definition) is 4. The minimum Gasteiger partial charge on any atom is -0.233 e. The van der Waals surface area contributed by atoms with E-state index in [1.807, 2.05) is 61.5 Å². The summed E-state index contributed by atoms with van der Waals surface area (Å²) in [6.45, 7) is 2.03. The number of para-hydroxylation sites is 2. The predicted molar refractivity (Wildman–Crippen MR) is 159 cm³/mol. The van der Waals surface area contributed by atoms with Crippen LogP contribution < -0.4 is 0 Å². The van der Waals surface area contributed by atoms with E-state index in [-0.39, 0.29) is 0 Å². The van der Waals surface area contributed by atoms with Gasteiger partial charge in [-0.15, -0.1) is 0 Å². The molecule has 2 aromatic heterocycles. The van der Waals surface area contributed by atoms with Gasteiger partial charge < -0.3 is 0 Å². The molecule has 0 aliphatic heterocycles. The maximum Gasteiger partial charge on any atom is 0.160 e. The van der Waals surface area contributed by atoms with Crippen molar-refractivity contribution in [1.82, 2.24) is 19.9 Å². The summed E-state index contributed by atoms with van der Waals surface area (Å²) in [5.74, 6) is 1.45. The topological polar surface area (TPSA) is 51.6 Å². The molecule has 4 heteroatoms. The van der Waals surface area contributed by atoms with Crippen LogP contribution in [-0.4, -0.2) is 19.9 Å². The van der Waals surface area contributed by atoms with Gasteiger partial charge in [-0.2, -0.15) is 0 Å². The van der Waals surface area contributed by atoms with Crippen LogP contribution in [0.5, 0.6) is 0 Å². The van der Waals surface area contributed by atoms with E-state index in [2.05, 4.69) is 72.8 Å². The van der Waals surface area contributed by atoms with E-state index in [1.165, 1.54) is 0 Å². The van der Waals surface area contributed by atoms with Gasteiger partial charge in [-0.1, -0.05) is 109 Å². The van der Waals surface area contributed by atoms with Gasteiger partial charge in [-0.25, -0.2) is 19.9 Å². The zero-order valence-corrected chi connectivity index (χ0v) is 21.4. The average Bonchev–Trinajstić information content (AvgIpc) is 3.01. The van der Waals surface area contributed by atoms with Gasteiger partial charge in [-0.05, 0) is 36.2 Å². The maximum absolute atomic E-state index is 5.04. The van der Waals surface area contributed by atoms with Gasteiger partial charge in [0, 0.05) is 33.2 Å². The number of aryl methyl sites for hydroxylation is 1. The number of fused-ring (bicyclic) bond motifs is 2. The Kier molecular flexibility index (Phi) is 5.64. The van der Waals surface area contributed by atoms with Crippen molar-refractivity contribution >= 4 is 21.8 Å². The fraction of sp³-hybridized carbons (Fsp3) is 0.0286. The quantitative estimate of drug-likeness (QED) is 0.243. The second-order valence-electron chi connectivity index (χ2n) is 9.59. The maximum atomic E-state index is 5.04. The zero-order valence-electron chi connectivity index (χ0n) is 21.4. The molecule has 0 saturated carbocycles. The summed E-state index contributed by atoms with van der Waals surface area (Å²) in [6, 6.07) is 43.4. The summed E-state index contributed by atoms with van der Waals surface area (Å²) in [5, 5.41) is 2.13. The molecule has 0 fully saturated rings. The zero-order chi connectivity index (χ0) is 26.2. The molecule has 0 bridgehead atoms. The third kappa shape index (κ3) is 4.32. The molecule has 5 aromatic carbocycles. The Morgan fingerprint density at radius 2 is 0.949 bits per heavy atom. The van der Waals surface area contributed by atoms with Gasteiger partial charge in [0.1, 0.15) is 0 Å². The molecule has 0 unspecified atom stereocenters. The standard InChI is InChI=1S/C35H24N4/c1-23-29-14-5-7-16-31(29)37-34(36-23)26-20-18-24(19-21-26)27-12-9-13-28(22-27)35-38-32-17-8-6-15-30(32)33(39-35)25-10-3-2-4-11-25/h2-22H,1H3. The Balaban J connectivity index is 1.26. The number of nitrogens with zero attached hydrogens (tertiary/aromatic N) is 4. The molecule has 7 aromatic rings. The van der Waals surface area contributed by atoms with Crippen molar-refractivity contribution in [2.45, 2.75) is 6.92 Å². The first-order valence-corrected chi connectivity index (χ1v) is 13.0. The molecule has 184 valence electrons. The monoisotopic (exact) mass is 500 g/mol. The van der Waals surface area contributed by atoms with Gasteiger partial charge in [0.25, 0.3) is 0 Å². The normalized spacial score (nSPS) is 11.2. The molecule has 0 spiro atoms. The first-order chi connectivity index (χ1) is 19.2. The largest absolute Gasteiger partial charge is 0.233 e. The van der Waals surface area contributed by atoms with Crippen molar-refractivity contribution < 1.29 is 0 Å². The first-order valence-electron chi connectivity index (χ1n) is 13.0. The number of benzene rings is 5. The molecule has 0 N–H and O–H groups in total. The number of aromatic nitrogens is 4. The van der Waals surface area contributed by atoms with Crippen LogP contribution in [0.25, 0.3) is 67.0 Å². The van der Waals surface area contributed by atoms with Crippen LogP contribution in [-0.2, 0) is 0 Å². The Morgan fingerprint density at radius 3 is 1.72 bits per heavy atom. The second-order valence-corrected chi connectivity index (χ2v) is 9.59. The molecule has 2 heterocycles. The van der Waals surface area contributed by atoms with Gasteiger partial charge in [0.2, 0.25) is 0 Å². The van der Waals surface area contributed by atoms with Gasteiger partial charge in [0.05, 0.1) is 16.7 Å². The molecule has 0 amide bonds. The van der Waals surface area contributed by atoms with Crippen LogP contribution in [0.2, 0.25) is 0 Å². The lowest BCUT2D eigenvalue weighted by atomic mass is 10.0. The number of rotatable bonds is 4. The van der Waals surface area contributed by atoms with E-state index in [0.29, 0.717) is 5.82 Å². The average molecular weight is 501 g/mol. The highest BCUT2D eigenvalue weighted by Gasteiger charge is 2.12. The molecular weight excluding hydrogens is 476 g/mol. The van der Waals surface area contributed by atoms with Crippen LogP contribution >= 0.6 is 0 Å². The van der Waals surface area contributed by atoms with E-state index in [1.54, 1.807) is 0 Å². The molecule has 0 saturated heterocycles. The molecule has 39 heavy (non-hydrogen) atoms. The van der Waals surface area contributed by atoms with Crippen LogP contribution in [0.4, 0.5) is 0 Å². The Labute approximate surface area is 226 Å². The van der Waals surface area contributed by atoms with Gasteiger partial charge >= 0.3 is 0 Å². The molecule has 0 atom stereocenters. The van der Waals surface area contributed by atoms with Crippen molar-refractivity contribution in [2.24, 2.45) is 0 Å². The van der Waals surface area contributed by atoms with Crippen molar-refractivity contribution in [3.63, 3.8) is 0 Å². The number of hydrogen-bond donors (Lipinski definition) is 0. The van der Waals surface area contributed by atoms with Gasteiger partial charge in [0.15, 0.2) is 11.6 Å². The van der Waals surface area contributed by atoms with Crippen molar-refractivity contribution in [3.05, 3.63) is 133 Å². The summed E-state index contributed by atoms with van der Waals surface area (Å²) >= 11 is 0. The summed E-state index contributed by atoms with van der Waals surface area (Å²) in [6.07, 6.45) is 0. The lowest BCUT2D eigenvalue weighted by molar-refractivity contribution is 1.16. The van der Waals surface area contributed by atoms with E-state index >= 15 is 0 Å². The molecule has 0 radical (unpaired) electrons. The SMILES string of the molecule is Cc1nc(-c2ccc(-c3cccc(-c4nc(-c5ccccc5)c5ccccc5n4)c3)cc2)nc2ccccc12. The predicted octanol–water partition coefficient (Wildman–Crippen LogP) is 8.55. The van der Waals surface area contributed by atoms with Crippen LogP contribution in [0.3, 0.4) is 0 Å². The van der Waals surface area contributed by atoms with Gasteiger partial charge in [-0.3, -0.25) is 0 Å². The van der Waals surface area contributed by atoms with E-state index in [4.69, 9.17) is 19.9 Å². The Morgan fingerprint density at radius 1 is 0.385 bits per heavy atom. The fourth-order valence-electron chi connectivity index (χ4n) is 5.04. The highest BCUT2D eigenvalue weighted by atomic mass is 14.9. The third-order valence-electron chi connectivity index (χ3n) is 7.04. The van der Waals surface area contributed by atoms with Crippen LogP contribution in [0.15, 0.2) is 127 Å². The highest BCUT2D eigenvalue weighted by Crippen LogP contribution is 2.31. The Bertz CT molecular complexity index is 1960. The summed E-state index contributed by atoms with van der Waals surface area (Å²) in [4.78, 5) is 19.5. The molecule has 0 aliphatic rings. The van der Waals surface area contributed by atoms with E-state index < -0.39 is 0 Å².